The number of halogens is 1. The van der Waals surface area contributed by atoms with Crippen LogP contribution in [0.25, 0.3) is 0 Å². The quantitative estimate of drug-likeness (QED) is 0.795. The molecule has 0 radical (unpaired) electrons. The van der Waals surface area contributed by atoms with Crippen LogP contribution in [0.3, 0.4) is 0 Å². The Morgan fingerprint density at radius 2 is 2.06 bits per heavy atom. The van der Waals surface area contributed by atoms with Crippen LogP contribution in [-0.2, 0) is 10.8 Å². The second-order valence-electron chi connectivity index (χ2n) is 3.61. The molecule has 0 N–H and O–H groups in total. The highest BCUT2D eigenvalue weighted by atomic mass is 79.9. The molecule has 0 spiro atoms. The lowest BCUT2D eigenvalue weighted by Crippen LogP contribution is -2.38. The van der Waals surface area contributed by atoms with Crippen molar-refractivity contribution >= 4 is 32.4 Å². The Morgan fingerprint density at radius 3 is 2.69 bits per heavy atom. The van der Waals surface area contributed by atoms with Gasteiger partial charge in [-0.1, -0.05) is 15.9 Å². The van der Waals surface area contributed by atoms with E-state index in [4.69, 9.17) is 5.26 Å². The molecule has 84 valence electrons. The van der Waals surface area contributed by atoms with Crippen molar-refractivity contribution in [2.45, 2.75) is 0 Å². The van der Waals surface area contributed by atoms with E-state index in [1.807, 2.05) is 18.2 Å². The third kappa shape index (κ3) is 2.45. The van der Waals surface area contributed by atoms with Gasteiger partial charge in [-0.15, -0.1) is 0 Å². The minimum atomic E-state index is -0.685. The van der Waals surface area contributed by atoms with Gasteiger partial charge in [-0.05, 0) is 18.2 Å². The molecule has 1 heterocycles. The lowest BCUT2D eigenvalue weighted by molar-refractivity contribution is 0.673. The van der Waals surface area contributed by atoms with Crippen molar-refractivity contribution in [1.29, 1.82) is 5.26 Å². The van der Waals surface area contributed by atoms with Crippen LogP contribution in [0.15, 0.2) is 22.7 Å². The van der Waals surface area contributed by atoms with Crippen molar-refractivity contribution in [2.75, 3.05) is 29.5 Å². The van der Waals surface area contributed by atoms with Crippen molar-refractivity contribution in [2.24, 2.45) is 0 Å². The molecule has 0 saturated carbocycles. The Labute approximate surface area is 106 Å². The van der Waals surface area contributed by atoms with E-state index < -0.39 is 10.8 Å². The SMILES string of the molecule is N#Cc1ccc(Br)cc1N1CCS(=O)CC1. The fourth-order valence-corrected chi connectivity index (χ4v) is 3.14. The van der Waals surface area contributed by atoms with Gasteiger partial charge in [0.25, 0.3) is 0 Å². The molecule has 1 aliphatic heterocycles. The summed E-state index contributed by atoms with van der Waals surface area (Å²) in [6.45, 7) is 1.52. The van der Waals surface area contributed by atoms with Crippen LogP contribution in [0.1, 0.15) is 5.56 Å². The molecule has 5 heteroatoms. The second-order valence-corrected chi connectivity index (χ2v) is 6.22. The van der Waals surface area contributed by atoms with Crippen LogP contribution in [0.4, 0.5) is 5.69 Å². The standard InChI is InChI=1S/C11H11BrN2OS/c12-10-2-1-9(8-13)11(7-10)14-3-5-16(15)6-4-14/h1-2,7H,3-6H2. The van der Waals surface area contributed by atoms with Gasteiger partial charge in [0.2, 0.25) is 0 Å². The lowest BCUT2D eigenvalue weighted by Gasteiger charge is -2.29. The summed E-state index contributed by atoms with van der Waals surface area (Å²) in [5.41, 5.74) is 1.62. The van der Waals surface area contributed by atoms with Gasteiger partial charge in [-0.2, -0.15) is 5.26 Å². The van der Waals surface area contributed by atoms with Crippen LogP contribution >= 0.6 is 15.9 Å². The number of hydrogen-bond donors (Lipinski definition) is 0. The van der Waals surface area contributed by atoms with Gasteiger partial charge in [0.1, 0.15) is 6.07 Å². The summed E-state index contributed by atoms with van der Waals surface area (Å²) in [6.07, 6.45) is 0. The predicted molar refractivity (Wildman–Crippen MR) is 68.9 cm³/mol. The van der Waals surface area contributed by atoms with Gasteiger partial charge in [0, 0.05) is 39.9 Å². The molecule has 0 bridgehead atoms. The molecule has 1 saturated heterocycles. The molecule has 1 aliphatic rings. The van der Waals surface area contributed by atoms with Gasteiger partial charge in [0.05, 0.1) is 11.3 Å². The zero-order chi connectivity index (χ0) is 11.5. The van der Waals surface area contributed by atoms with Gasteiger partial charge < -0.3 is 4.90 Å². The molecule has 0 aliphatic carbocycles. The van der Waals surface area contributed by atoms with Crippen LogP contribution in [-0.4, -0.2) is 28.8 Å². The van der Waals surface area contributed by atoms with E-state index in [0.717, 1.165) is 23.2 Å². The molecule has 2 rings (SSSR count). The van der Waals surface area contributed by atoms with Gasteiger partial charge in [0.15, 0.2) is 0 Å². The summed E-state index contributed by atoms with van der Waals surface area (Å²) in [5.74, 6) is 1.38. The summed E-state index contributed by atoms with van der Waals surface area (Å²) < 4.78 is 12.2. The molecular weight excluding hydrogens is 288 g/mol. The van der Waals surface area contributed by atoms with Crippen LogP contribution in [0, 0.1) is 11.3 Å². The maximum atomic E-state index is 11.3. The average Bonchev–Trinajstić information content (AvgIpc) is 2.30. The number of benzene rings is 1. The number of nitriles is 1. The molecule has 3 nitrogen and oxygen atoms in total. The van der Waals surface area contributed by atoms with E-state index in [9.17, 15) is 4.21 Å². The Bertz CT molecular complexity index is 460. The molecule has 0 unspecified atom stereocenters. The van der Waals surface area contributed by atoms with Gasteiger partial charge in [-0.3, -0.25) is 4.21 Å². The van der Waals surface area contributed by atoms with Gasteiger partial charge in [-0.25, -0.2) is 0 Å². The summed E-state index contributed by atoms with van der Waals surface area (Å²) >= 11 is 3.41. The minimum Gasteiger partial charge on any atom is -0.369 e. The van der Waals surface area contributed by atoms with Crippen molar-refractivity contribution in [1.82, 2.24) is 0 Å². The molecule has 0 atom stereocenters. The molecule has 0 aromatic heterocycles. The maximum absolute atomic E-state index is 11.3. The smallest absolute Gasteiger partial charge is 0.101 e. The molecular formula is C11H11BrN2OS. The first-order valence-electron chi connectivity index (χ1n) is 5.00. The zero-order valence-corrected chi connectivity index (χ0v) is 11.1. The highest BCUT2D eigenvalue weighted by Crippen LogP contribution is 2.25. The molecule has 1 aromatic carbocycles. The van der Waals surface area contributed by atoms with E-state index in [-0.39, 0.29) is 0 Å². The first kappa shape index (κ1) is 11.6. The third-order valence-corrected chi connectivity index (χ3v) is 4.37. The van der Waals surface area contributed by atoms with Crippen molar-refractivity contribution < 1.29 is 4.21 Å². The molecule has 0 amide bonds. The van der Waals surface area contributed by atoms with E-state index >= 15 is 0 Å². The number of hydrogen-bond acceptors (Lipinski definition) is 3. The van der Waals surface area contributed by atoms with Crippen molar-refractivity contribution in [3.05, 3.63) is 28.2 Å². The fraction of sp³-hybridized carbons (Fsp3) is 0.364. The number of rotatable bonds is 1. The van der Waals surface area contributed by atoms with Crippen molar-refractivity contribution in [3.63, 3.8) is 0 Å². The largest absolute Gasteiger partial charge is 0.369 e. The number of nitrogens with zero attached hydrogens (tertiary/aromatic N) is 2. The maximum Gasteiger partial charge on any atom is 0.101 e. The minimum absolute atomic E-state index is 0.677. The van der Waals surface area contributed by atoms with E-state index in [0.29, 0.717) is 17.1 Å². The second kappa shape index (κ2) is 4.98. The topological polar surface area (TPSA) is 44.1 Å². The third-order valence-electron chi connectivity index (χ3n) is 2.60. The highest BCUT2D eigenvalue weighted by Gasteiger charge is 2.18. The molecule has 16 heavy (non-hydrogen) atoms. The van der Waals surface area contributed by atoms with Crippen molar-refractivity contribution in [3.8, 4) is 6.07 Å². The highest BCUT2D eigenvalue weighted by molar-refractivity contribution is 9.10. The molecule has 1 fully saturated rings. The lowest BCUT2D eigenvalue weighted by atomic mass is 10.1. The van der Waals surface area contributed by atoms with E-state index in [1.54, 1.807) is 0 Å². The van der Waals surface area contributed by atoms with Crippen LogP contribution in [0.5, 0.6) is 0 Å². The predicted octanol–water partition coefficient (Wildman–Crippen LogP) is 1.89. The fourth-order valence-electron chi connectivity index (χ4n) is 1.74. The Kier molecular flexibility index (Phi) is 3.62. The van der Waals surface area contributed by atoms with E-state index in [1.165, 1.54) is 0 Å². The summed E-state index contributed by atoms with van der Waals surface area (Å²) in [7, 11) is -0.685. The Balaban J connectivity index is 2.29. The number of anilines is 1. The summed E-state index contributed by atoms with van der Waals surface area (Å²) in [4.78, 5) is 2.13. The summed E-state index contributed by atoms with van der Waals surface area (Å²) in [6, 6.07) is 7.82. The monoisotopic (exact) mass is 298 g/mol. The zero-order valence-electron chi connectivity index (χ0n) is 8.65. The average molecular weight is 299 g/mol. The first-order valence-corrected chi connectivity index (χ1v) is 7.28. The Hall–Kier alpha value is -0.860. The Morgan fingerprint density at radius 1 is 1.38 bits per heavy atom. The van der Waals surface area contributed by atoms with Crippen LogP contribution in [0.2, 0.25) is 0 Å². The first-order chi connectivity index (χ1) is 7.70. The van der Waals surface area contributed by atoms with Gasteiger partial charge >= 0.3 is 0 Å². The molecule has 1 aromatic rings. The summed E-state index contributed by atoms with van der Waals surface area (Å²) in [5, 5.41) is 9.04. The van der Waals surface area contributed by atoms with Crippen LogP contribution < -0.4 is 4.90 Å². The van der Waals surface area contributed by atoms with E-state index in [2.05, 4.69) is 26.9 Å². The normalized spacial score (nSPS) is 17.1.